The Balaban J connectivity index is 1.16. The monoisotopic (exact) mass is 651 g/mol. The highest BCUT2D eigenvalue weighted by Crippen LogP contribution is 2.35. The molecule has 2 aliphatic rings. The number of hydrogen-bond acceptors (Lipinski definition) is 6. The SMILES string of the molecule is CCCCOC(OCCCC)C1CCN(c2cc(C)c(C(=O)NC3CCN(c4ccc(Cl)c5c(C#N)c[nH]c45)CC3)c(F)c2)CC1. The lowest BCUT2D eigenvalue weighted by Gasteiger charge is -2.37. The van der Waals surface area contributed by atoms with E-state index in [2.05, 4.69) is 40.0 Å². The molecule has 248 valence electrons. The minimum absolute atomic E-state index is 0.0607. The predicted octanol–water partition coefficient (Wildman–Crippen LogP) is 7.72. The molecule has 5 rings (SSSR count). The summed E-state index contributed by atoms with van der Waals surface area (Å²) in [5, 5.41) is 13.8. The number of nitrogens with one attached hydrogen (secondary N) is 2. The number of piperidine rings is 2. The van der Waals surface area contributed by atoms with Gasteiger partial charge in [0, 0.05) is 68.6 Å². The second kappa shape index (κ2) is 16.0. The summed E-state index contributed by atoms with van der Waals surface area (Å²) >= 11 is 6.39. The number of nitriles is 1. The Morgan fingerprint density at radius 1 is 1.07 bits per heavy atom. The van der Waals surface area contributed by atoms with E-state index in [4.69, 9.17) is 21.1 Å². The number of hydrogen-bond donors (Lipinski definition) is 2. The number of carbonyl (C=O) groups is 1. The van der Waals surface area contributed by atoms with E-state index >= 15 is 4.39 Å². The highest BCUT2D eigenvalue weighted by Gasteiger charge is 2.30. The van der Waals surface area contributed by atoms with E-state index in [1.54, 1.807) is 6.20 Å². The van der Waals surface area contributed by atoms with Crippen molar-refractivity contribution in [3.05, 3.63) is 58.0 Å². The number of benzene rings is 2. The molecule has 1 amide bonds. The molecular weight excluding hydrogens is 605 g/mol. The molecule has 8 nitrogen and oxygen atoms in total. The second-order valence-corrected chi connectivity index (χ2v) is 13.0. The summed E-state index contributed by atoms with van der Waals surface area (Å²) in [6, 6.07) is 9.36. The summed E-state index contributed by atoms with van der Waals surface area (Å²) in [4.78, 5) is 21.0. The van der Waals surface area contributed by atoms with Crippen molar-refractivity contribution in [1.82, 2.24) is 10.3 Å². The molecule has 46 heavy (non-hydrogen) atoms. The molecule has 0 spiro atoms. The number of fused-ring (bicyclic) bond motifs is 1. The zero-order valence-electron chi connectivity index (χ0n) is 27.3. The number of amides is 1. The van der Waals surface area contributed by atoms with Gasteiger partial charge in [-0.05, 0) is 75.3 Å². The van der Waals surface area contributed by atoms with E-state index in [9.17, 15) is 10.1 Å². The van der Waals surface area contributed by atoms with Gasteiger partial charge in [-0.15, -0.1) is 0 Å². The molecule has 0 radical (unpaired) electrons. The number of nitrogens with zero attached hydrogens (tertiary/aromatic N) is 3. The van der Waals surface area contributed by atoms with Crippen molar-refractivity contribution in [2.24, 2.45) is 5.92 Å². The third-order valence-corrected chi connectivity index (χ3v) is 9.72. The summed E-state index contributed by atoms with van der Waals surface area (Å²) < 4.78 is 27.8. The molecule has 3 aromatic rings. The van der Waals surface area contributed by atoms with E-state index in [1.165, 1.54) is 6.07 Å². The van der Waals surface area contributed by atoms with Gasteiger partial charge < -0.3 is 29.6 Å². The summed E-state index contributed by atoms with van der Waals surface area (Å²) in [6.07, 6.45) is 8.99. The van der Waals surface area contributed by atoms with Gasteiger partial charge in [-0.1, -0.05) is 38.3 Å². The minimum Gasteiger partial charge on any atom is -0.371 e. The number of anilines is 2. The summed E-state index contributed by atoms with van der Waals surface area (Å²) in [5.41, 5.74) is 3.91. The lowest BCUT2D eigenvalue weighted by Crippen LogP contribution is -2.45. The van der Waals surface area contributed by atoms with Crippen LogP contribution >= 0.6 is 11.6 Å². The van der Waals surface area contributed by atoms with Crippen LogP contribution in [0.5, 0.6) is 0 Å². The topological polar surface area (TPSA) is 93.6 Å². The number of aromatic nitrogens is 1. The average Bonchev–Trinajstić information content (AvgIpc) is 3.50. The van der Waals surface area contributed by atoms with E-state index in [-0.39, 0.29) is 23.8 Å². The molecule has 2 N–H and O–H groups in total. The quantitative estimate of drug-likeness (QED) is 0.145. The summed E-state index contributed by atoms with van der Waals surface area (Å²) in [7, 11) is 0. The second-order valence-electron chi connectivity index (χ2n) is 12.6. The predicted molar refractivity (Wildman–Crippen MR) is 182 cm³/mol. The number of ether oxygens (including phenoxy) is 2. The van der Waals surface area contributed by atoms with Crippen molar-refractivity contribution in [2.75, 3.05) is 49.2 Å². The average molecular weight is 652 g/mol. The van der Waals surface area contributed by atoms with Gasteiger partial charge in [0.2, 0.25) is 0 Å². The third-order valence-electron chi connectivity index (χ3n) is 9.40. The lowest BCUT2D eigenvalue weighted by atomic mass is 9.95. The minimum atomic E-state index is -0.487. The van der Waals surface area contributed by atoms with Crippen molar-refractivity contribution in [3.8, 4) is 6.07 Å². The van der Waals surface area contributed by atoms with Crippen LogP contribution in [0, 0.1) is 30.0 Å². The van der Waals surface area contributed by atoms with Gasteiger partial charge >= 0.3 is 0 Å². The number of aromatic amines is 1. The van der Waals surface area contributed by atoms with Gasteiger partial charge in [-0.2, -0.15) is 5.26 Å². The molecule has 2 aliphatic heterocycles. The first-order chi connectivity index (χ1) is 22.3. The molecule has 0 aliphatic carbocycles. The van der Waals surface area contributed by atoms with Crippen LogP contribution in [0.15, 0.2) is 30.5 Å². The van der Waals surface area contributed by atoms with Gasteiger partial charge in [-0.3, -0.25) is 4.79 Å². The van der Waals surface area contributed by atoms with Gasteiger partial charge in [0.05, 0.1) is 27.4 Å². The molecule has 2 aromatic carbocycles. The third kappa shape index (κ3) is 7.79. The largest absolute Gasteiger partial charge is 0.371 e. The maximum absolute atomic E-state index is 15.5. The highest BCUT2D eigenvalue weighted by molar-refractivity contribution is 6.36. The molecule has 1 aromatic heterocycles. The van der Waals surface area contributed by atoms with Gasteiger partial charge in [0.25, 0.3) is 5.91 Å². The lowest BCUT2D eigenvalue weighted by molar-refractivity contribution is -0.177. The number of rotatable bonds is 13. The van der Waals surface area contributed by atoms with Crippen molar-refractivity contribution < 1.29 is 18.7 Å². The van der Waals surface area contributed by atoms with Crippen LogP contribution < -0.4 is 15.1 Å². The fourth-order valence-electron chi connectivity index (χ4n) is 6.70. The Morgan fingerprint density at radius 3 is 2.33 bits per heavy atom. The van der Waals surface area contributed by atoms with Crippen LogP contribution in [-0.2, 0) is 9.47 Å². The molecule has 10 heteroatoms. The molecule has 0 saturated carbocycles. The normalized spacial score (nSPS) is 16.4. The Hall–Kier alpha value is -3.32. The van der Waals surface area contributed by atoms with Crippen LogP contribution in [0.2, 0.25) is 5.02 Å². The Kier molecular flexibility index (Phi) is 11.8. The number of aryl methyl sites for hydroxylation is 1. The maximum atomic E-state index is 15.5. The fourth-order valence-corrected chi connectivity index (χ4v) is 6.96. The standard InChI is InChI=1S/C36H47ClFN5O3/c1-4-6-18-45-36(46-19-7-5-2)25-10-14-42(15-11-25)28-20-24(3)32(30(38)21-28)35(44)41-27-12-16-43(17-13-27)31-9-8-29(37)33-26(22-39)23-40-34(31)33/h8-9,20-21,23,25,27,36,40H,4-7,10-19H2,1-3H3,(H,41,44). The molecule has 0 bridgehead atoms. The Labute approximate surface area is 277 Å². The number of halogens is 2. The zero-order chi connectivity index (χ0) is 32.6. The van der Waals surface area contributed by atoms with E-state index in [1.807, 2.05) is 25.1 Å². The van der Waals surface area contributed by atoms with Gasteiger partial charge in [-0.25, -0.2) is 4.39 Å². The van der Waals surface area contributed by atoms with Crippen molar-refractivity contribution in [1.29, 1.82) is 5.26 Å². The first-order valence-electron chi connectivity index (χ1n) is 16.9. The smallest absolute Gasteiger partial charge is 0.254 e. The maximum Gasteiger partial charge on any atom is 0.254 e. The number of unbranched alkanes of at least 4 members (excludes halogenated alkanes) is 2. The highest BCUT2D eigenvalue weighted by atomic mass is 35.5. The molecule has 0 unspecified atom stereocenters. The zero-order valence-corrected chi connectivity index (χ0v) is 28.1. The van der Waals surface area contributed by atoms with Crippen molar-refractivity contribution in [3.63, 3.8) is 0 Å². The van der Waals surface area contributed by atoms with Crippen molar-refractivity contribution in [2.45, 2.75) is 84.5 Å². The van der Waals surface area contributed by atoms with Crippen LogP contribution in [0.4, 0.5) is 15.8 Å². The van der Waals surface area contributed by atoms with Gasteiger partial charge in [0.1, 0.15) is 11.9 Å². The van der Waals surface area contributed by atoms with Crippen LogP contribution in [-0.4, -0.2) is 62.6 Å². The number of carbonyl (C=O) groups excluding carboxylic acids is 1. The first kappa shape index (κ1) is 34.0. The fraction of sp³-hybridized carbons (Fsp3) is 0.556. The first-order valence-corrected chi connectivity index (χ1v) is 17.3. The summed E-state index contributed by atoms with van der Waals surface area (Å²) in [5.74, 6) is -0.540. The summed E-state index contributed by atoms with van der Waals surface area (Å²) in [6.45, 7) is 10.6. The van der Waals surface area contributed by atoms with Crippen LogP contribution in [0.25, 0.3) is 10.9 Å². The Morgan fingerprint density at radius 2 is 1.72 bits per heavy atom. The Bertz CT molecular complexity index is 1490. The van der Waals surface area contributed by atoms with Crippen LogP contribution in [0.3, 0.4) is 0 Å². The molecule has 2 fully saturated rings. The number of H-pyrrole nitrogens is 1. The molecule has 3 heterocycles. The van der Waals surface area contributed by atoms with Crippen molar-refractivity contribution >= 4 is 39.8 Å². The van der Waals surface area contributed by atoms with E-state index in [0.717, 1.165) is 86.7 Å². The van der Waals surface area contributed by atoms with E-state index < -0.39 is 5.82 Å². The molecule has 0 atom stereocenters. The molecular formula is C36H47ClFN5O3. The van der Waals surface area contributed by atoms with Gasteiger partial charge in [0.15, 0.2) is 6.29 Å². The van der Waals surface area contributed by atoms with E-state index in [0.29, 0.717) is 48.4 Å². The molecule has 2 saturated heterocycles. The van der Waals surface area contributed by atoms with Crippen LogP contribution in [0.1, 0.15) is 86.7 Å².